The number of benzene rings is 2. The molecule has 2 fully saturated rings. The predicted molar refractivity (Wildman–Crippen MR) is 106 cm³/mol. The summed E-state index contributed by atoms with van der Waals surface area (Å²) in [7, 11) is 0. The minimum absolute atomic E-state index is 0.234. The van der Waals surface area contributed by atoms with Gasteiger partial charge in [-0.2, -0.15) is 0 Å². The molecule has 0 radical (unpaired) electrons. The summed E-state index contributed by atoms with van der Waals surface area (Å²) in [5.74, 6) is 2.15. The zero-order chi connectivity index (χ0) is 18.4. The number of phenols is 1. The molecule has 2 aromatic carbocycles. The number of aromatic hydroxyl groups is 1. The van der Waals surface area contributed by atoms with Crippen molar-refractivity contribution in [3.8, 4) is 17.0 Å². The van der Waals surface area contributed by atoms with Crippen LogP contribution in [0.3, 0.4) is 0 Å². The number of ether oxygens (including phenoxy) is 1. The Kier molecular flexibility index (Phi) is 3.97. The van der Waals surface area contributed by atoms with Gasteiger partial charge in [-0.05, 0) is 37.5 Å². The van der Waals surface area contributed by atoms with E-state index >= 15 is 0 Å². The van der Waals surface area contributed by atoms with Crippen LogP contribution in [-0.4, -0.2) is 34.6 Å². The van der Waals surface area contributed by atoms with Crippen molar-refractivity contribution >= 4 is 16.6 Å². The first-order valence-corrected chi connectivity index (χ1v) is 9.60. The van der Waals surface area contributed by atoms with Gasteiger partial charge in [-0.1, -0.05) is 30.3 Å². The molecule has 1 aliphatic heterocycles. The number of nitrogens with zero attached hydrogens (tertiary/aromatic N) is 2. The Bertz CT molecular complexity index is 988. The van der Waals surface area contributed by atoms with E-state index in [1.807, 2.05) is 37.3 Å². The Hall–Kier alpha value is -2.66. The van der Waals surface area contributed by atoms with Gasteiger partial charge in [-0.25, -0.2) is 0 Å². The van der Waals surface area contributed by atoms with Crippen LogP contribution in [0.25, 0.3) is 22.0 Å². The molecule has 3 aromatic rings. The maximum atomic E-state index is 10.4. The summed E-state index contributed by atoms with van der Waals surface area (Å²) in [5.41, 5.74) is 2.44. The highest BCUT2D eigenvalue weighted by Crippen LogP contribution is 2.39. The normalized spacial score (nSPS) is 24.3. The quantitative estimate of drug-likeness (QED) is 0.734. The van der Waals surface area contributed by atoms with Crippen LogP contribution in [0.5, 0.6) is 5.75 Å². The largest absolute Gasteiger partial charge is 0.507 e. The van der Waals surface area contributed by atoms with E-state index in [1.165, 1.54) is 12.8 Å². The molecule has 2 bridgehead atoms. The van der Waals surface area contributed by atoms with Crippen LogP contribution in [0.4, 0.5) is 5.82 Å². The van der Waals surface area contributed by atoms with Gasteiger partial charge in [0.1, 0.15) is 11.4 Å². The summed E-state index contributed by atoms with van der Waals surface area (Å²) in [5, 5.41) is 25.1. The van der Waals surface area contributed by atoms with E-state index in [4.69, 9.17) is 4.74 Å². The second kappa shape index (κ2) is 6.50. The van der Waals surface area contributed by atoms with Crippen LogP contribution in [-0.2, 0) is 4.74 Å². The van der Waals surface area contributed by atoms with Gasteiger partial charge in [0, 0.05) is 34.2 Å². The minimum Gasteiger partial charge on any atom is -0.507 e. The maximum absolute atomic E-state index is 10.4. The molecule has 1 saturated carbocycles. The summed E-state index contributed by atoms with van der Waals surface area (Å²) in [6.45, 7) is 3.62. The highest BCUT2D eigenvalue weighted by Gasteiger charge is 2.40. The lowest BCUT2D eigenvalue weighted by molar-refractivity contribution is 0.0392. The third kappa shape index (κ3) is 2.82. The number of nitrogens with one attached hydrogen (secondary N) is 1. The lowest BCUT2D eigenvalue weighted by Gasteiger charge is -2.31. The molecule has 138 valence electrons. The molecule has 1 aliphatic carbocycles. The van der Waals surface area contributed by atoms with Crippen LogP contribution in [0, 0.1) is 18.8 Å². The number of hydrogen-bond donors (Lipinski definition) is 2. The van der Waals surface area contributed by atoms with Gasteiger partial charge in [-0.15, -0.1) is 10.2 Å². The molecule has 5 heteroatoms. The average molecular weight is 361 g/mol. The lowest BCUT2D eigenvalue weighted by atomic mass is 9.96. The second-order valence-corrected chi connectivity index (χ2v) is 7.77. The van der Waals surface area contributed by atoms with E-state index in [0.29, 0.717) is 29.1 Å². The molecule has 1 saturated heterocycles. The van der Waals surface area contributed by atoms with Crippen molar-refractivity contribution in [1.82, 2.24) is 10.2 Å². The first-order valence-electron chi connectivity index (χ1n) is 9.60. The van der Waals surface area contributed by atoms with E-state index in [-0.39, 0.29) is 5.75 Å². The Labute approximate surface area is 158 Å². The third-order valence-corrected chi connectivity index (χ3v) is 5.99. The Morgan fingerprint density at radius 1 is 1.00 bits per heavy atom. The second-order valence-electron chi connectivity index (χ2n) is 7.77. The number of aryl methyl sites for hydroxylation is 1. The first kappa shape index (κ1) is 16.5. The van der Waals surface area contributed by atoms with Crippen molar-refractivity contribution in [3.05, 3.63) is 48.0 Å². The predicted octanol–water partition coefficient (Wildman–Crippen LogP) is 4.15. The van der Waals surface area contributed by atoms with Crippen molar-refractivity contribution in [2.24, 2.45) is 11.8 Å². The molecular formula is C22H23N3O2. The van der Waals surface area contributed by atoms with Gasteiger partial charge in [0.25, 0.3) is 0 Å². The van der Waals surface area contributed by atoms with E-state index in [0.717, 1.165) is 35.4 Å². The Morgan fingerprint density at radius 3 is 2.48 bits per heavy atom. The van der Waals surface area contributed by atoms with E-state index in [1.54, 1.807) is 6.07 Å². The van der Waals surface area contributed by atoms with Crippen molar-refractivity contribution in [2.75, 3.05) is 18.5 Å². The maximum Gasteiger partial charge on any atom is 0.156 e. The van der Waals surface area contributed by atoms with Crippen molar-refractivity contribution < 1.29 is 9.84 Å². The molecule has 5 rings (SSSR count). The lowest BCUT2D eigenvalue weighted by Crippen LogP contribution is -2.39. The number of fused-ring (bicyclic) bond motifs is 3. The Morgan fingerprint density at radius 2 is 1.74 bits per heavy atom. The van der Waals surface area contributed by atoms with Gasteiger partial charge in [-0.3, -0.25) is 0 Å². The molecular weight excluding hydrogens is 338 g/mol. The summed E-state index contributed by atoms with van der Waals surface area (Å²) in [6.07, 6.45) is 2.42. The molecule has 2 unspecified atom stereocenters. The van der Waals surface area contributed by atoms with Crippen LogP contribution < -0.4 is 5.32 Å². The summed E-state index contributed by atoms with van der Waals surface area (Å²) in [4.78, 5) is 0. The molecule has 27 heavy (non-hydrogen) atoms. The monoisotopic (exact) mass is 361 g/mol. The van der Waals surface area contributed by atoms with Crippen LogP contribution >= 0.6 is 0 Å². The summed E-state index contributed by atoms with van der Waals surface area (Å²) in [6, 6.07) is 14.2. The molecule has 1 aromatic heterocycles. The zero-order valence-electron chi connectivity index (χ0n) is 15.4. The third-order valence-electron chi connectivity index (χ3n) is 5.99. The summed E-state index contributed by atoms with van der Waals surface area (Å²) >= 11 is 0. The van der Waals surface area contributed by atoms with Crippen molar-refractivity contribution in [1.29, 1.82) is 0 Å². The average Bonchev–Trinajstić information content (AvgIpc) is 2.89. The van der Waals surface area contributed by atoms with Crippen molar-refractivity contribution in [2.45, 2.75) is 25.8 Å². The SMILES string of the molecule is Cc1ccc(-c2nnc(NC3C4CCC3COC4)c3ccccc23)c(O)c1. The van der Waals surface area contributed by atoms with Gasteiger partial charge >= 0.3 is 0 Å². The number of phenolic OH excluding ortho intramolecular Hbond substituents is 1. The standard InChI is InChI=1S/C22H23N3O2/c1-13-6-9-18(19(26)10-13)21-16-4-2-3-5-17(16)22(25-24-21)23-20-14-7-8-15(20)12-27-11-14/h2-6,9-10,14-15,20,26H,7-8,11-12H2,1H3,(H,23,25). The molecule has 2 atom stereocenters. The fraction of sp³-hybridized carbons (Fsp3) is 0.364. The van der Waals surface area contributed by atoms with E-state index < -0.39 is 0 Å². The van der Waals surface area contributed by atoms with Crippen LogP contribution in [0.15, 0.2) is 42.5 Å². The van der Waals surface area contributed by atoms with Gasteiger partial charge < -0.3 is 15.2 Å². The van der Waals surface area contributed by atoms with Crippen LogP contribution in [0.2, 0.25) is 0 Å². The number of rotatable bonds is 3. The van der Waals surface area contributed by atoms with Crippen LogP contribution in [0.1, 0.15) is 18.4 Å². The molecule has 2 N–H and O–H groups in total. The topological polar surface area (TPSA) is 67.3 Å². The fourth-order valence-electron chi connectivity index (χ4n) is 4.56. The van der Waals surface area contributed by atoms with Gasteiger partial charge in [0.15, 0.2) is 5.82 Å². The smallest absolute Gasteiger partial charge is 0.156 e. The highest BCUT2D eigenvalue weighted by molar-refractivity contribution is 6.00. The fourth-order valence-corrected chi connectivity index (χ4v) is 4.56. The molecule has 0 spiro atoms. The number of aromatic nitrogens is 2. The highest BCUT2D eigenvalue weighted by atomic mass is 16.5. The molecule has 5 nitrogen and oxygen atoms in total. The van der Waals surface area contributed by atoms with Gasteiger partial charge in [0.2, 0.25) is 0 Å². The van der Waals surface area contributed by atoms with Crippen molar-refractivity contribution in [3.63, 3.8) is 0 Å². The molecule has 2 aliphatic rings. The number of anilines is 1. The van der Waals surface area contributed by atoms with Gasteiger partial charge in [0.05, 0.1) is 13.2 Å². The summed E-state index contributed by atoms with van der Waals surface area (Å²) < 4.78 is 5.71. The minimum atomic E-state index is 0.234. The Balaban J connectivity index is 1.58. The van der Waals surface area contributed by atoms with E-state index in [2.05, 4.69) is 21.6 Å². The number of hydrogen-bond acceptors (Lipinski definition) is 5. The first-order chi connectivity index (χ1) is 13.2. The molecule has 0 amide bonds. The van der Waals surface area contributed by atoms with E-state index in [9.17, 15) is 5.11 Å². The zero-order valence-corrected chi connectivity index (χ0v) is 15.4. The molecule has 2 heterocycles.